The molecule has 1 atom stereocenters. The van der Waals surface area contributed by atoms with Crippen molar-refractivity contribution in [2.24, 2.45) is 0 Å². The lowest BCUT2D eigenvalue weighted by Gasteiger charge is -2.14. The van der Waals surface area contributed by atoms with Crippen LogP contribution in [0.25, 0.3) is 0 Å². The second kappa shape index (κ2) is 7.63. The Bertz CT molecular complexity index is 272. The molecule has 1 aromatic heterocycles. The Morgan fingerprint density at radius 3 is 2.73 bits per heavy atom. The van der Waals surface area contributed by atoms with Crippen LogP contribution in [0.1, 0.15) is 50.6 Å². The Morgan fingerprint density at radius 1 is 1.40 bits per heavy atom. The molecule has 0 aromatic carbocycles. The van der Waals surface area contributed by atoms with Crippen molar-refractivity contribution in [1.82, 2.24) is 5.32 Å². The fourth-order valence-corrected chi connectivity index (χ4v) is 3.19. The number of hydrogen-bond acceptors (Lipinski definition) is 2. The topological polar surface area (TPSA) is 12.0 Å². The Hall–Kier alpha value is 0.390. The van der Waals surface area contributed by atoms with Crippen molar-refractivity contribution in [2.75, 3.05) is 7.05 Å². The van der Waals surface area contributed by atoms with Gasteiger partial charge in [-0.1, -0.05) is 32.6 Å². The van der Waals surface area contributed by atoms with Gasteiger partial charge in [-0.2, -0.15) is 0 Å². The zero-order chi connectivity index (χ0) is 11.1. The van der Waals surface area contributed by atoms with Crippen LogP contribution in [-0.2, 0) is 0 Å². The van der Waals surface area contributed by atoms with Gasteiger partial charge in [0.2, 0.25) is 0 Å². The monoisotopic (exact) mass is 337 g/mol. The van der Waals surface area contributed by atoms with Crippen molar-refractivity contribution in [3.05, 3.63) is 19.9 Å². The molecular weight excluding hydrogens is 317 g/mol. The van der Waals surface area contributed by atoms with Gasteiger partial charge in [-0.3, -0.25) is 0 Å². The second-order valence-electron chi connectivity index (χ2n) is 3.87. The minimum atomic E-state index is 0.557. The van der Waals surface area contributed by atoms with E-state index in [0.717, 1.165) is 0 Å². The van der Waals surface area contributed by atoms with Gasteiger partial charge in [0.15, 0.2) is 0 Å². The summed E-state index contributed by atoms with van der Waals surface area (Å²) in [4.78, 5) is 0. The van der Waals surface area contributed by atoms with Crippen LogP contribution in [0, 0.1) is 2.88 Å². The van der Waals surface area contributed by atoms with E-state index in [2.05, 4.69) is 53.3 Å². The number of nitrogens with one attached hydrogen (secondary N) is 1. The molecule has 1 unspecified atom stereocenters. The van der Waals surface area contributed by atoms with Gasteiger partial charge >= 0.3 is 0 Å². The Balaban J connectivity index is 2.35. The summed E-state index contributed by atoms with van der Waals surface area (Å²) in [6, 6.07) is 2.85. The first-order chi connectivity index (χ1) is 7.27. The molecule has 0 saturated carbocycles. The van der Waals surface area contributed by atoms with E-state index in [1.165, 1.54) is 40.6 Å². The summed E-state index contributed by atoms with van der Waals surface area (Å²) in [7, 11) is 2.06. The molecule has 0 fully saturated rings. The van der Waals surface area contributed by atoms with E-state index in [1.807, 2.05) is 11.3 Å². The van der Waals surface area contributed by atoms with Crippen LogP contribution in [0.3, 0.4) is 0 Å². The first kappa shape index (κ1) is 13.5. The average Bonchev–Trinajstić information content (AvgIpc) is 2.65. The third-order valence-corrected chi connectivity index (χ3v) is 4.49. The molecule has 0 radical (unpaired) electrons. The van der Waals surface area contributed by atoms with Crippen LogP contribution in [-0.4, -0.2) is 7.05 Å². The number of halogens is 1. The van der Waals surface area contributed by atoms with Crippen molar-refractivity contribution in [3.8, 4) is 0 Å². The largest absolute Gasteiger partial charge is 0.313 e. The molecule has 1 aromatic rings. The molecule has 0 spiro atoms. The lowest BCUT2D eigenvalue weighted by Crippen LogP contribution is -2.15. The fraction of sp³-hybridized carbons (Fsp3) is 0.667. The Labute approximate surface area is 111 Å². The summed E-state index contributed by atoms with van der Waals surface area (Å²) >= 11 is 4.23. The molecule has 0 bridgehead atoms. The standard InChI is InChI=1S/C12H20INS/c1-3-4-5-6-7-11(14-2)10-8-12(13)15-9-10/h8-9,11,14H,3-7H2,1-2H3. The highest BCUT2D eigenvalue weighted by Crippen LogP contribution is 2.25. The quantitative estimate of drug-likeness (QED) is 0.567. The predicted molar refractivity (Wildman–Crippen MR) is 77.6 cm³/mol. The Morgan fingerprint density at radius 2 is 2.20 bits per heavy atom. The van der Waals surface area contributed by atoms with Crippen molar-refractivity contribution in [3.63, 3.8) is 0 Å². The van der Waals surface area contributed by atoms with E-state index in [4.69, 9.17) is 0 Å². The van der Waals surface area contributed by atoms with Gasteiger partial charge in [0.25, 0.3) is 0 Å². The number of rotatable bonds is 7. The second-order valence-corrected chi connectivity index (χ2v) is 6.68. The van der Waals surface area contributed by atoms with Crippen LogP contribution < -0.4 is 5.32 Å². The summed E-state index contributed by atoms with van der Waals surface area (Å²) in [5, 5.41) is 5.69. The highest BCUT2D eigenvalue weighted by atomic mass is 127. The molecule has 0 amide bonds. The van der Waals surface area contributed by atoms with Gasteiger partial charge in [-0.15, -0.1) is 11.3 Å². The first-order valence-electron chi connectivity index (χ1n) is 5.69. The smallest absolute Gasteiger partial charge is 0.0656 e. The van der Waals surface area contributed by atoms with Gasteiger partial charge in [0.1, 0.15) is 0 Å². The van der Waals surface area contributed by atoms with E-state index in [1.54, 1.807) is 0 Å². The number of thiophene rings is 1. The lowest BCUT2D eigenvalue weighted by atomic mass is 10.0. The number of hydrogen-bond donors (Lipinski definition) is 1. The molecular formula is C12H20INS. The molecule has 86 valence electrons. The fourth-order valence-electron chi connectivity index (χ4n) is 1.76. The van der Waals surface area contributed by atoms with E-state index < -0.39 is 0 Å². The van der Waals surface area contributed by atoms with Gasteiger partial charge < -0.3 is 5.32 Å². The molecule has 1 N–H and O–H groups in total. The van der Waals surface area contributed by atoms with Gasteiger partial charge in [-0.25, -0.2) is 0 Å². The summed E-state index contributed by atoms with van der Waals surface area (Å²) in [5.41, 5.74) is 1.46. The molecule has 0 aliphatic rings. The van der Waals surface area contributed by atoms with Crippen LogP contribution in [0.15, 0.2) is 11.4 Å². The molecule has 0 aliphatic carbocycles. The molecule has 1 nitrogen and oxygen atoms in total. The Kier molecular flexibility index (Phi) is 6.84. The summed E-state index contributed by atoms with van der Waals surface area (Å²) in [6.45, 7) is 2.26. The molecule has 1 heterocycles. The lowest BCUT2D eigenvalue weighted by molar-refractivity contribution is 0.506. The van der Waals surface area contributed by atoms with E-state index in [-0.39, 0.29) is 0 Å². The molecule has 0 saturated heterocycles. The first-order valence-corrected chi connectivity index (χ1v) is 7.65. The molecule has 1 rings (SSSR count). The maximum atomic E-state index is 3.41. The maximum Gasteiger partial charge on any atom is 0.0656 e. The third kappa shape index (κ3) is 4.83. The van der Waals surface area contributed by atoms with E-state index in [9.17, 15) is 0 Å². The SMILES string of the molecule is CCCCCCC(NC)c1csc(I)c1. The van der Waals surface area contributed by atoms with Gasteiger partial charge in [-0.05, 0) is 53.1 Å². The zero-order valence-corrected chi connectivity index (χ0v) is 12.5. The highest BCUT2D eigenvalue weighted by molar-refractivity contribution is 14.1. The molecule has 0 aliphatic heterocycles. The summed E-state index contributed by atoms with van der Waals surface area (Å²) < 4.78 is 1.39. The maximum absolute atomic E-state index is 3.41. The zero-order valence-electron chi connectivity index (χ0n) is 9.55. The minimum Gasteiger partial charge on any atom is -0.313 e. The minimum absolute atomic E-state index is 0.557. The predicted octanol–water partition coefficient (Wildman–Crippen LogP) is 4.58. The third-order valence-electron chi connectivity index (χ3n) is 2.68. The van der Waals surface area contributed by atoms with Crippen molar-refractivity contribution in [2.45, 2.75) is 45.1 Å². The normalized spacial score (nSPS) is 13.0. The van der Waals surface area contributed by atoms with Crippen molar-refractivity contribution >= 4 is 33.9 Å². The molecule has 15 heavy (non-hydrogen) atoms. The van der Waals surface area contributed by atoms with Crippen molar-refractivity contribution < 1.29 is 0 Å². The van der Waals surface area contributed by atoms with Crippen LogP contribution in [0.4, 0.5) is 0 Å². The van der Waals surface area contributed by atoms with E-state index >= 15 is 0 Å². The summed E-state index contributed by atoms with van der Waals surface area (Å²) in [6.07, 6.45) is 6.67. The van der Waals surface area contributed by atoms with Crippen LogP contribution >= 0.6 is 33.9 Å². The van der Waals surface area contributed by atoms with Crippen LogP contribution in [0.5, 0.6) is 0 Å². The van der Waals surface area contributed by atoms with Crippen molar-refractivity contribution in [1.29, 1.82) is 0 Å². The molecule has 3 heteroatoms. The van der Waals surface area contributed by atoms with E-state index in [0.29, 0.717) is 6.04 Å². The summed E-state index contributed by atoms with van der Waals surface area (Å²) in [5.74, 6) is 0. The highest BCUT2D eigenvalue weighted by Gasteiger charge is 2.09. The number of unbranched alkanes of at least 4 members (excludes halogenated alkanes) is 3. The average molecular weight is 337 g/mol. The van der Waals surface area contributed by atoms with Gasteiger partial charge in [0, 0.05) is 6.04 Å². The van der Waals surface area contributed by atoms with Crippen LogP contribution in [0.2, 0.25) is 0 Å². The van der Waals surface area contributed by atoms with Gasteiger partial charge in [0.05, 0.1) is 2.88 Å².